The van der Waals surface area contributed by atoms with E-state index in [0.29, 0.717) is 0 Å². The lowest BCUT2D eigenvalue weighted by molar-refractivity contribution is -0.156. The maximum absolute atomic E-state index is 9.78. The van der Waals surface area contributed by atoms with Crippen molar-refractivity contribution in [1.82, 2.24) is 0 Å². The quantitative estimate of drug-likeness (QED) is 0.556. The van der Waals surface area contributed by atoms with Gasteiger partial charge in [0.2, 0.25) is 0 Å². The Bertz CT molecular complexity index is 202. The van der Waals surface area contributed by atoms with Crippen molar-refractivity contribution in [3.63, 3.8) is 0 Å². The first-order chi connectivity index (χ1) is 6.57. The topological polar surface area (TPSA) is 29.5 Å². The fraction of sp³-hybridized carbons (Fsp3) is 0.833. The van der Waals surface area contributed by atoms with Crippen molar-refractivity contribution in [3.05, 3.63) is 11.6 Å². The van der Waals surface area contributed by atoms with Gasteiger partial charge < -0.3 is 9.84 Å². The summed E-state index contributed by atoms with van der Waals surface area (Å²) in [6.07, 6.45) is 6.84. The van der Waals surface area contributed by atoms with E-state index in [1.165, 1.54) is 12.8 Å². The Morgan fingerprint density at radius 1 is 1.50 bits per heavy atom. The molecule has 0 bridgehead atoms. The molecule has 14 heavy (non-hydrogen) atoms. The molecule has 2 nitrogen and oxygen atoms in total. The van der Waals surface area contributed by atoms with Crippen molar-refractivity contribution in [2.75, 3.05) is 0 Å². The molecule has 0 amide bonds. The number of aliphatic hydroxyl groups excluding tert-OH is 1. The number of aliphatic hydroxyl groups is 1. The average Bonchev–Trinajstić information content (AvgIpc) is 2.52. The van der Waals surface area contributed by atoms with E-state index in [0.717, 1.165) is 24.8 Å². The first kappa shape index (κ1) is 11.7. The van der Waals surface area contributed by atoms with Gasteiger partial charge in [0.05, 0.1) is 5.60 Å². The second-order valence-electron chi connectivity index (χ2n) is 4.48. The summed E-state index contributed by atoms with van der Waals surface area (Å²) in [4.78, 5) is 0. The molecule has 1 saturated carbocycles. The van der Waals surface area contributed by atoms with Gasteiger partial charge in [-0.25, -0.2) is 0 Å². The van der Waals surface area contributed by atoms with Gasteiger partial charge >= 0.3 is 0 Å². The Morgan fingerprint density at radius 2 is 2.07 bits per heavy atom. The normalized spacial score (nSPS) is 23.9. The highest BCUT2D eigenvalue weighted by Gasteiger charge is 2.32. The van der Waals surface area contributed by atoms with Gasteiger partial charge in [0, 0.05) is 0 Å². The van der Waals surface area contributed by atoms with Crippen LogP contribution >= 0.6 is 0 Å². The SMILES string of the molecule is CC/C=C(/C)C(O)OC1(C)CCCC1. The lowest BCUT2D eigenvalue weighted by Crippen LogP contribution is -2.31. The van der Waals surface area contributed by atoms with E-state index in [-0.39, 0.29) is 5.60 Å². The van der Waals surface area contributed by atoms with Gasteiger partial charge in [0.15, 0.2) is 6.29 Å². The minimum Gasteiger partial charge on any atom is -0.364 e. The van der Waals surface area contributed by atoms with Gasteiger partial charge in [0.1, 0.15) is 0 Å². The average molecular weight is 198 g/mol. The summed E-state index contributed by atoms with van der Waals surface area (Å²) in [5, 5.41) is 9.78. The molecular formula is C12H22O2. The molecule has 0 radical (unpaired) electrons. The fourth-order valence-electron chi connectivity index (χ4n) is 2.03. The second kappa shape index (κ2) is 4.94. The van der Waals surface area contributed by atoms with Crippen LogP contribution in [0.25, 0.3) is 0 Å². The molecule has 1 aliphatic carbocycles. The van der Waals surface area contributed by atoms with E-state index < -0.39 is 6.29 Å². The molecule has 2 heteroatoms. The number of ether oxygens (including phenoxy) is 1. The summed E-state index contributed by atoms with van der Waals surface area (Å²) in [6.45, 7) is 6.09. The third kappa shape index (κ3) is 3.10. The van der Waals surface area contributed by atoms with Crippen LogP contribution in [-0.4, -0.2) is 17.0 Å². The Kier molecular flexibility index (Phi) is 4.14. The largest absolute Gasteiger partial charge is 0.364 e. The van der Waals surface area contributed by atoms with Gasteiger partial charge in [-0.15, -0.1) is 0 Å². The molecule has 1 unspecified atom stereocenters. The second-order valence-corrected chi connectivity index (χ2v) is 4.48. The highest BCUT2D eigenvalue weighted by molar-refractivity contribution is 5.01. The van der Waals surface area contributed by atoms with Crippen LogP contribution in [0.3, 0.4) is 0 Å². The maximum Gasteiger partial charge on any atom is 0.177 e. The Labute approximate surface area is 87.0 Å². The molecule has 0 aromatic rings. The van der Waals surface area contributed by atoms with Crippen LogP contribution in [0, 0.1) is 0 Å². The molecule has 0 aliphatic heterocycles. The zero-order valence-corrected chi connectivity index (χ0v) is 9.55. The summed E-state index contributed by atoms with van der Waals surface area (Å²) in [5.74, 6) is 0. The molecule has 1 fully saturated rings. The van der Waals surface area contributed by atoms with Gasteiger partial charge in [-0.2, -0.15) is 0 Å². The summed E-state index contributed by atoms with van der Waals surface area (Å²) in [7, 11) is 0. The van der Waals surface area contributed by atoms with Crippen molar-refractivity contribution in [2.24, 2.45) is 0 Å². The third-order valence-corrected chi connectivity index (χ3v) is 2.97. The van der Waals surface area contributed by atoms with Gasteiger partial charge in [-0.3, -0.25) is 0 Å². The number of hydrogen-bond donors (Lipinski definition) is 1. The summed E-state index contributed by atoms with van der Waals surface area (Å²) < 4.78 is 5.70. The van der Waals surface area contributed by atoms with Crippen LogP contribution in [0.2, 0.25) is 0 Å². The minimum atomic E-state index is -0.710. The molecule has 0 aromatic carbocycles. The zero-order chi connectivity index (χ0) is 10.6. The molecule has 1 rings (SSSR count). The van der Waals surface area contributed by atoms with Gasteiger partial charge in [0.25, 0.3) is 0 Å². The molecular weight excluding hydrogens is 176 g/mol. The number of hydrogen-bond acceptors (Lipinski definition) is 2. The Morgan fingerprint density at radius 3 is 2.57 bits per heavy atom. The summed E-state index contributed by atoms with van der Waals surface area (Å²) in [6, 6.07) is 0. The van der Waals surface area contributed by atoms with Crippen molar-refractivity contribution in [1.29, 1.82) is 0 Å². The monoisotopic (exact) mass is 198 g/mol. The molecule has 1 atom stereocenters. The van der Waals surface area contributed by atoms with E-state index in [1.807, 2.05) is 13.0 Å². The lowest BCUT2D eigenvalue weighted by atomic mass is 10.1. The van der Waals surface area contributed by atoms with E-state index >= 15 is 0 Å². The van der Waals surface area contributed by atoms with Crippen molar-refractivity contribution >= 4 is 0 Å². The van der Waals surface area contributed by atoms with Crippen LogP contribution in [0.5, 0.6) is 0 Å². The fourth-order valence-corrected chi connectivity index (χ4v) is 2.03. The van der Waals surface area contributed by atoms with Crippen molar-refractivity contribution < 1.29 is 9.84 Å². The number of allylic oxidation sites excluding steroid dienone is 1. The van der Waals surface area contributed by atoms with Crippen molar-refractivity contribution in [2.45, 2.75) is 64.8 Å². The molecule has 0 saturated heterocycles. The van der Waals surface area contributed by atoms with Crippen LogP contribution < -0.4 is 0 Å². The Balaban J connectivity index is 2.46. The third-order valence-electron chi connectivity index (χ3n) is 2.97. The molecule has 0 spiro atoms. The predicted molar refractivity (Wildman–Crippen MR) is 58.0 cm³/mol. The Hall–Kier alpha value is -0.340. The van der Waals surface area contributed by atoms with Crippen molar-refractivity contribution in [3.8, 4) is 0 Å². The van der Waals surface area contributed by atoms with Crippen LogP contribution in [0.15, 0.2) is 11.6 Å². The van der Waals surface area contributed by atoms with Gasteiger partial charge in [-0.1, -0.05) is 25.8 Å². The predicted octanol–water partition coefficient (Wildman–Crippen LogP) is 3.01. The van der Waals surface area contributed by atoms with Gasteiger partial charge in [-0.05, 0) is 38.7 Å². The standard InChI is InChI=1S/C12H22O2/c1-4-7-10(2)11(13)14-12(3)8-5-6-9-12/h7,11,13H,4-6,8-9H2,1-3H3/b10-7-. The highest BCUT2D eigenvalue weighted by Crippen LogP contribution is 2.34. The van der Waals surface area contributed by atoms with Crippen LogP contribution in [0.1, 0.15) is 52.9 Å². The van der Waals surface area contributed by atoms with E-state index in [4.69, 9.17) is 4.74 Å². The highest BCUT2D eigenvalue weighted by atomic mass is 16.6. The van der Waals surface area contributed by atoms with E-state index in [1.54, 1.807) is 0 Å². The first-order valence-electron chi connectivity index (χ1n) is 5.60. The van der Waals surface area contributed by atoms with E-state index in [2.05, 4.69) is 13.8 Å². The zero-order valence-electron chi connectivity index (χ0n) is 9.55. The molecule has 1 aliphatic rings. The van der Waals surface area contributed by atoms with E-state index in [9.17, 15) is 5.11 Å². The molecule has 0 heterocycles. The smallest absolute Gasteiger partial charge is 0.177 e. The minimum absolute atomic E-state index is 0.0950. The molecule has 1 N–H and O–H groups in total. The molecule has 0 aromatic heterocycles. The lowest BCUT2D eigenvalue weighted by Gasteiger charge is -2.28. The first-order valence-corrected chi connectivity index (χ1v) is 5.60. The van der Waals surface area contributed by atoms with Crippen LogP contribution in [0.4, 0.5) is 0 Å². The number of rotatable bonds is 4. The maximum atomic E-state index is 9.78. The summed E-state index contributed by atoms with van der Waals surface area (Å²) in [5.41, 5.74) is 0.836. The summed E-state index contributed by atoms with van der Waals surface area (Å²) >= 11 is 0. The molecule has 82 valence electrons. The van der Waals surface area contributed by atoms with Crippen LogP contribution in [-0.2, 0) is 4.74 Å².